The van der Waals surface area contributed by atoms with Crippen LogP contribution in [0.5, 0.6) is 0 Å². The van der Waals surface area contributed by atoms with E-state index in [4.69, 9.17) is 4.74 Å². The second-order valence-corrected chi connectivity index (χ2v) is 3.55. The van der Waals surface area contributed by atoms with Crippen molar-refractivity contribution >= 4 is 12.0 Å². The Bertz CT molecular complexity index is 435. The van der Waals surface area contributed by atoms with Crippen molar-refractivity contribution in [2.75, 3.05) is 7.11 Å². The molecule has 0 amide bonds. The first kappa shape index (κ1) is 9.90. The molecule has 0 fully saturated rings. The van der Waals surface area contributed by atoms with Crippen LogP contribution in [0, 0.1) is 0 Å². The highest BCUT2D eigenvalue weighted by atomic mass is 16.5. The van der Waals surface area contributed by atoms with Gasteiger partial charge in [-0.25, -0.2) is 4.79 Å². The summed E-state index contributed by atoms with van der Waals surface area (Å²) in [6.07, 6.45) is 5.53. The van der Waals surface area contributed by atoms with E-state index in [1.165, 1.54) is 12.7 Å². The third-order valence-corrected chi connectivity index (χ3v) is 2.69. The number of aromatic nitrogens is 1. The molecule has 15 heavy (non-hydrogen) atoms. The van der Waals surface area contributed by atoms with Gasteiger partial charge in [0, 0.05) is 6.20 Å². The van der Waals surface area contributed by atoms with Gasteiger partial charge in [-0.15, -0.1) is 0 Å². The second kappa shape index (κ2) is 3.85. The van der Waals surface area contributed by atoms with Gasteiger partial charge in [0.15, 0.2) is 0 Å². The molecule has 3 heteroatoms. The molecule has 1 aliphatic carbocycles. The molecule has 1 heterocycles. The molecule has 0 saturated carbocycles. The monoisotopic (exact) mass is 203 g/mol. The van der Waals surface area contributed by atoms with E-state index in [0.717, 1.165) is 24.1 Å². The number of allylic oxidation sites excluding steroid dienone is 1. The third-order valence-electron chi connectivity index (χ3n) is 2.69. The van der Waals surface area contributed by atoms with E-state index >= 15 is 0 Å². The largest absolute Gasteiger partial charge is 0.465 e. The van der Waals surface area contributed by atoms with Crippen molar-refractivity contribution in [3.8, 4) is 0 Å². The first-order valence-corrected chi connectivity index (χ1v) is 5.02. The maximum absolute atomic E-state index is 11.5. The summed E-state index contributed by atoms with van der Waals surface area (Å²) in [5, 5.41) is 0. The lowest BCUT2D eigenvalue weighted by atomic mass is 10.1. The lowest BCUT2D eigenvalue weighted by molar-refractivity contribution is 0.0599. The van der Waals surface area contributed by atoms with Crippen molar-refractivity contribution in [1.29, 1.82) is 0 Å². The number of pyridine rings is 1. The van der Waals surface area contributed by atoms with Gasteiger partial charge < -0.3 is 4.74 Å². The summed E-state index contributed by atoms with van der Waals surface area (Å²) in [7, 11) is 1.40. The Morgan fingerprint density at radius 2 is 2.40 bits per heavy atom. The van der Waals surface area contributed by atoms with Crippen molar-refractivity contribution in [1.82, 2.24) is 4.98 Å². The summed E-state index contributed by atoms with van der Waals surface area (Å²) >= 11 is 0. The molecule has 2 rings (SSSR count). The SMILES string of the molecule is CCC1=Cc2nccc(C(=O)OC)c2C1. The van der Waals surface area contributed by atoms with Gasteiger partial charge in [0.2, 0.25) is 0 Å². The molecule has 0 N–H and O–H groups in total. The molecule has 0 aliphatic heterocycles. The fraction of sp³-hybridized carbons (Fsp3) is 0.333. The Labute approximate surface area is 88.8 Å². The molecular formula is C12H13NO2. The van der Waals surface area contributed by atoms with E-state index in [2.05, 4.69) is 18.0 Å². The summed E-state index contributed by atoms with van der Waals surface area (Å²) in [6.45, 7) is 2.11. The summed E-state index contributed by atoms with van der Waals surface area (Å²) in [5.41, 5.74) is 3.87. The third kappa shape index (κ3) is 1.65. The Kier molecular flexibility index (Phi) is 2.54. The number of fused-ring (bicyclic) bond motifs is 1. The van der Waals surface area contributed by atoms with Crippen molar-refractivity contribution in [3.05, 3.63) is 34.7 Å². The number of rotatable bonds is 2. The van der Waals surface area contributed by atoms with Crippen molar-refractivity contribution in [2.24, 2.45) is 0 Å². The lowest BCUT2D eigenvalue weighted by Crippen LogP contribution is -2.06. The predicted octanol–water partition coefficient (Wildman–Crippen LogP) is 2.22. The topological polar surface area (TPSA) is 39.2 Å². The average Bonchev–Trinajstić information content (AvgIpc) is 2.70. The number of carbonyl (C=O) groups is 1. The zero-order valence-corrected chi connectivity index (χ0v) is 8.91. The summed E-state index contributed by atoms with van der Waals surface area (Å²) < 4.78 is 4.74. The number of hydrogen-bond donors (Lipinski definition) is 0. The Hall–Kier alpha value is -1.64. The molecule has 0 radical (unpaired) electrons. The maximum Gasteiger partial charge on any atom is 0.338 e. The van der Waals surface area contributed by atoms with Crippen LogP contribution >= 0.6 is 0 Å². The molecule has 0 saturated heterocycles. The molecule has 0 spiro atoms. The summed E-state index contributed by atoms with van der Waals surface area (Å²) in [5.74, 6) is -0.278. The van der Waals surface area contributed by atoms with Crippen LogP contribution in [0.1, 0.15) is 35.0 Å². The van der Waals surface area contributed by atoms with Crippen LogP contribution in [-0.4, -0.2) is 18.1 Å². The average molecular weight is 203 g/mol. The smallest absolute Gasteiger partial charge is 0.338 e. The normalized spacial score (nSPS) is 13.3. The van der Waals surface area contributed by atoms with Gasteiger partial charge in [-0.1, -0.05) is 12.5 Å². The quantitative estimate of drug-likeness (QED) is 0.692. The van der Waals surface area contributed by atoms with Gasteiger partial charge in [0.05, 0.1) is 18.4 Å². The standard InChI is InChI=1S/C12H13NO2/c1-3-8-6-10-9(12(14)15-2)4-5-13-11(10)7-8/h4-5,7H,3,6H2,1-2H3. The highest BCUT2D eigenvalue weighted by Gasteiger charge is 2.20. The predicted molar refractivity (Wildman–Crippen MR) is 57.5 cm³/mol. The molecule has 0 unspecified atom stereocenters. The first-order chi connectivity index (χ1) is 7.26. The van der Waals surface area contributed by atoms with E-state index in [-0.39, 0.29) is 5.97 Å². The Balaban J connectivity index is 2.42. The minimum Gasteiger partial charge on any atom is -0.465 e. The van der Waals surface area contributed by atoms with Crippen molar-refractivity contribution < 1.29 is 9.53 Å². The van der Waals surface area contributed by atoms with E-state index < -0.39 is 0 Å². The fourth-order valence-electron chi connectivity index (χ4n) is 1.82. The van der Waals surface area contributed by atoms with Gasteiger partial charge in [0.25, 0.3) is 0 Å². The molecule has 1 aliphatic rings. The zero-order chi connectivity index (χ0) is 10.8. The fourth-order valence-corrected chi connectivity index (χ4v) is 1.82. The number of esters is 1. The van der Waals surface area contributed by atoms with Crippen LogP contribution in [0.4, 0.5) is 0 Å². The maximum atomic E-state index is 11.5. The Morgan fingerprint density at radius 1 is 1.60 bits per heavy atom. The summed E-state index contributed by atoms with van der Waals surface area (Å²) in [4.78, 5) is 15.7. The second-order valence-electron chi connectivity index (χ2n) is 3.55. The Morgan fingerprint density at radius 3 is 3.07 bits per heavy atom. The first-order valence-electron chi connectivity index (χ1n) is 5.02. The number of carbonyl (C=O) groups excluding carboxylic acids is 1. The van der Waals surface area contributed by atoms with Crippen LogP contribution in [0.2, 0.25) is 0 Å². The van der Waals surface area contributed by atoms with Gasteiger partial charge in [0.1, 0.15) is 0 Å². The number of methoxy groups -OCH3 is 1. The molecule has 0 bridgehead atoms. The van der Waals surface area contributed by atoms with Crippen LogP contribution in [-0.2, 0) is 11.2 Å². The van der Waals surface area contributed by atoms with E-state index in [0.29, 0.717) is 5.56 Å². The number of hydrogen-bond acceptors (Lipinski definition) is 3. The minimum atomic E-state index is -0.278. The highest BCUT2D eigenvalue weighted by molar-refractivity contribution is 5.92. The van der Waals surface area contributed by atoms with Gasteiger partial charge in [-0.2, -0.15) is 0 Å². The van der Waals surface area contributed by atoms with Crippen LogP contribution in [0.3, 0.4) is 0 Å². The molecular weight excluding hydrogens is 190 g/mol. The van der Waals surface area contributed by atoms with Gasteiger partial charge in [-0.05, 0) is 30.5 Å². The lowest BCUT2D eigenvalue weighted by Gasteiger charge is -2.05. The molecule has 1 aromatic rings. The minimum absolute atomic E-state index is 0.278. The van der Waals surface area contributed by atoms with Gasteiger partial charge >= 0.3 is 5.97 Å². The van der Waals surface area contributed by atoms with Gasteiger partial charge in [-0.3, -0.25) is 4.98 Å². The molecule has 78 valence electrons. The number of nitrogens with zero attached hydrogens (tertiary/aromatic N) is 1. The molecule has 3 nitrogen and oxygen atoms in total. The van der Waals surface area contributed by atoms with Crippen LogP contribution < -0.4 is 0 Å². The van der Waals surface area contributed by atoms with Crippen LogP contribution in [0.15, 0.2) is 17.8 Å². The van der Waals surface area contributed by atoms with E-state index in [1.807, 2.05) is 0 Å². The zero-order valence-electron chi connectivity index (χ0n) is 8.91. The summed E-state index contributed by atoms with van der Waals surface area (Å²) in [6, 6.07) is 1.72. The van der Waals surface area contributed by atoms with E-state index in [9.17, 15) is 4.79 Å². The van der Waals surface area contributed by atoms with Crippen molar-refractivity contribution in [3.63, 3.8) is 0 Å². The van der Waals surface area contributed by atoms with Crippen LogP contribution in [0.25, 0.3) is 6.08 Å². The molecule has 0 aromatic carbocycles. The molecule has 1 aromatic heterocycles. The highest BCUT2D eigenvalue weighted by Crippen LogP contribution is 2.27. The number of ether oxygens (including phenoxy) is 1. The van der Waals surface area contributed by atoms with Crippen molar-refractivity contribution in [2.45, 2.75) is 19.8 Å². The molecule has 0 atom stereocenters. The van der Waals surface area contributed by atoms with E-state index in [1.54, 1.807) is 12.3 Å².